The van der Waals surface area contributed by atoms with Crippen LogP contribution in [0.1, 0.15) is 6.92 Å². The summed E-state index contributed by atoms with van der Waals surface area (Å²) in [7, 11) is 4.79. The molecule has 0 bridgehead atoms. The van der Waals surface area contributed by atoms with Gasteiger partial charge in [-0.2, -0.15) is 0 Å². The predicted octanol–water partition coefficient (Wildman–Crippen LogP) is 0.421. The summed E-state index contributed by atoms with van der Waals surface area (Å²) in [4.78, 5) is 14.8. The molecule has 2 N–H and O–H groups in total. The third-order valence-electron chi connectivity index (χ3n) is 2.80. The Kier molecular flexibility index (Phi) is 5.38. The summed E-state index contributed by atoms with van der Waals surface area (Å²) < 4.78 is 0. The average molecular weight is 276 g/mol. The zero-order valence-electron chi connectivity index (χ0n) is 10.8. The minimum absolute atomic E-state index is 0. The molecule has 0 spiro atoms. The van der Waals surface area contributed by atoms with Crippen molar-refractivity contribution in [2.24, 2.45) is 5.16 Å². The summed E-state index contributed by atoms with van der Waals surface area (Å²) in [5.74, 6) is -0.344. The molecule has 1 unspecified atom stereocenters. The molecule has 0 aromatic carbocycles. The van der Waals surface area contributed by atoms with E-state index in [0.29, 0.717) is 0 Å². The van der Waals surface area contributed by atoms with Crippen LogP contribution in [-0.2, 0) is 4.79 Å². The maximum Gasteiger partial charge on any atom is 0.254 e. The van der Waals surface area contributed by atoms with E-state index in [4.69, 9.17) is 5.21 Å². The standard InChI is InChI=1S/C11H17N3O3.ClH/c1-8-5-6-9(10(15)13(2)3)11(16,7-12-17)14(8)4;/h5-7,16-17H,1-4H3;1H. The molecule has 1 aliphatic heterocycles. The number of aliphatic hydroxyl groups is 1. The van der Waals surface area contributed by atoms with Crippen LogP contribution in [0, 0.1) is 0 Å². The molecule has 18 heavy (non-hydrogen) atoms. The van der Waals surface area contributed by atoms with E-state index < -0.39 is 5.72 Å². The van der Waals surface area contributed by atoms with Crippen LogP contribution in [0.4, 0.5) is 0 Å². The van der Waals surface area contributed by atoms with Gasteiger partial charge in [0.15, 0.2) is 0 Å². The molecule has 6 nitrogen and oxygen atoms in total. The highest BCUT2D eigenvalue weighted by atomic mass is 35.5. The van der Waals surface area contributed by atoms with Gasteiger partial charge in [-0.15, -0.1) is 12.4 Å². The minimum Gasteiger partial charge on any atom is -0.411 e. The first-order valence-corrected chi connectivity index (χ1v) is 5.10. The summed E-state index contributed by atoms with van der Waals surface area (Å²) in [6, 6.07) is 0. The molecule has 1 atom stereocenters. The number of oxime groups is 1. The Morgan fingerprint density at radius 3 is 2.50 bits per heavy atom. The Hall–Kier alpha value is -1.53. The van der Waals surface area contributed by atoms with E-state index in [2.05, 4.69) is 5.16 Å². The second-order valence-electron chi connectivity index (χ2n) is 4.12. The van der Waals surface area contributed by atoms with Gasteiger partial charge >= 0.3 is 0 Å². The summed E-state index contributed by atoms with van der Waals surface area (Å²) in [5, 5.41) is 21.9. The Bertz CT molecular complexity index is 418. The number of carbonyl (C=O) groups is 1. The van der Waals surface area contributed by atoms with Gasteiger partial charge in [-0.1, -0.05) is 5.16 Å². The predicted molar refractivity (Wildman–Crippen MR) is 70.8 cm³/mol. The van der Waals surface area contributed by atoms with E-state index in [9.17, 15) is 9.90 Å². The normalized spacial score (nSPS) is 23.3. The van der Waals surface area contributed by atoms with Crippen molar-refractivity contribution >= 4 is 24.5 Å². The van der Waals surface area contributed by atoms with Crippen molar-refractivity contribution in [1.82, 2.24) is 9.80 Å². The maximum absolute atomic E-state index is 11.9. The van der Waals surface area contributed by atoms with E-state index >= 15 is 0 Å². The molecular weight excluding hydrogens is 258 g/mol. The van der Waals surface area contributed by atoms with Crippen molar-refractivity contribution in [3.63, 3.8) is 0 Å². The van der Waals surface area contributed by atoms with Crippen LogP contribution in [0.2, 0.25) is 0 Å². The number of hydrogen-bond acceptors (Lipinski definition) is 5. The van der Waals surface area contributed by atoms with Gasteiger partial charge in [-0.25, -0.2) is 0 Å². The molecule has 0 saturated carbocycles. The smallest absolute Gasteiger partial charge is 0.254 e. The van der Waals surface area contributed by atoms with Crippen molar-refractivity contribution in [2.75, 3.05) is 21.1 Å². The highest BCUT2D eigenvalue weighted by Gasteiger charge is 2.41. The van der Waals surface area contributed by atoms with E-state index in [-0.39, 0.29) is 23.9 Å². The highest BCUT2D eigenvalue weighted by molar-refractivity contribution is 6.00. The monoisotopic (exact) mass is 275 g/mol. The van der Waals surface area contributed by atoms with Crippen molar-refractivity contribution in [3.8, 4) is 0 Å². The number of hydrogen-bond donors (Lipinski definition) is 2. The fraction of sp³-hybridized carbons (Fsp3) is 0.455. The first kappa shape index (κ1) is 16.5. The zero-order chi connectivity index (χ0) is 13.2. The SMILES string of the molecule is CC1=CC=C(C(=O)N(C)C)C(O)(C=NO)N1C.Cl. The van der Waals surface area contributed by atoms with Crippen LogP contribution >= 0.6 is 12.4 Å². The van der Waals surface area contributed by atoms with Crippen molar-refractivity contribution < 1.29 is 15.1 Å². The lowest BCUT2D eigenvalue weighted by molar-refractivity contribution is -0.128. The molecule has 1 aliphatic rings. The van der Waals surface area contributed by atoms with E-state index in [1.807, 2.05) is 0 Å². The number of amides is 1. The van der Waals surface area contributed by atoms with Crippen LogP contribution in [0.3, 0.4) is 0 Å². The molecule has 7 heteroatoms. The Balaban J connectivity index is 0.00000289. The number of allylic oxidation sites excluding steroid dienone is 3. The minimum atomic E-state index is -1.73. The number of likely N-dealkylation sites (N-methyl/N-ethyl adjacent to an activating group) is 2. The fourth-order valence-electron chi connectivity index (χ4n) is 1.59. The topological polar surface area (TPSA) is 76.4 Å². The van der Waals surface area contributed by atoms with Crippen LogP contribution in [-0.4, -0.2) is 59.1 Å². The lowest BCUT2D eigenvalue weighted by Gasteiger charge is -2.39. The highest BCUT2D eigenvalue weighted by Crippen LogP contribution is 2.28. The number of nitrogens with zero attached hydrogens (tertiary/aromatic N) is 3. The first-order valence-electron chi connectivity index (χ1n) is 5.10. The van der Waals surface area contributed by atoms with E-state index in [1.165, 1.54) is 15.9 Å². The van der Waals surface area contributed by atoms with E-state index in [1.54, 1.807) is 34.1 Å². The third kappa shape index (κ3) is 2.65. The van der Waals surface area contributed by atoms with Gasteiger partial charge in [0.05, 0.1) is 5.57 Å². The second kappa shape index (κ2) is 5.88. The van der Waals surface area contributed by atoms with Crippen molar-refractivity contribution in [1.29, 1.82) is 0 Å². The molecule has 1 amide bonds. The van der Waals surface area contributed by atoms with Crippen molar-refractivity contribution in [3.05, 3.63) is 23.4 Å². The molecule has 0 radical (unpaired) electrons. The van der Waals surface area contributed by atoms with Gasteiger partial charge in [0.2, 0.25) is 5.72 Å². The molecule has 0 aromatic rings. The van der Waals surface area contributed by atoms with Gasteiger partial charge in [-0.3, -0.25) is 4.79 Å². The number of carbonyl (C=O) groups excluding carboxylic acids is 1. The van der Waals surface area contributed by atoms with Gasteiger partial charge in [0, 0.05) is 26.8 Å². The summed E-state index contributed by atoms with van der Waals surface area (Å²) in [6.07, 6.45) is 4.17. The van der Waals surface area contributed by atoms with Gasteiger partial charge in [0.1, 0.15) is 6.21 Å². The van der Waals surface area contributed by atoms with Crippen LogP contribution in [0.25, 0.3) is 0 Å². The second-order valence-corrected chi connectivity index (χ2v) is 4.12. The van der Waals surface area contributed by atoms with Crippen LogP contribution in [0.15, 0.2) is 28.6 Å². The number of halogens is 1. The largest absolute Gasteiger partial charge is 0.411 e. The van der Waals surface area contributed by atoms with E-state index in [0.717, 1.165) is 11.9 Å². The zero-order valence-corrected chi connectivity index (χ0v) is 11.6. The Morgan fingerprint density at radius 1 is 1.50 bits per heavy atom. The maximum atomic E-state index is 11.9. The summed E-state index contributed by atoms with van der Waals surface area (Å²) in [5.41, 5.74) is -0.842. The molecule has 1 rings (SSSR count). The van der Waals surface area contributed by atoms with Crippen molar-refractivity contribution in [2.45, 2.75) is 12.6 Å². The lowest BCUT2D eigenvalue weighted by atomic mass is 9.96. The first-order chi connectivity index (χ1) is 7.84. The molecule has 0 aliphatic carbocycles. The molecule has 1 heterocycles. The van der Waals surface area contributed by atoms with Crippen LogP contribution in [0.5, 0.6) is 0 Å². The molecule has 102 valence electrons. The average Bonchev–Trinajstić information content (AvgIpc) is 2.26. The Morgan fingerprint density at radius 2 is 2.06 bits per heavy atom. The van der Waals surface area contributed by atoms with Gasteiger partial charge in [0.25, 0.3) is 5.91 Å². The molecule has 0 aromatic heterocycles. The van der Waals surface area contributed by atoms with Gasteiger partial charge < -0.3 is 20.1 Å². The summed E-state index contributed by atoms with van der Waals surface area (Å²) >= 11 is 0. The Labute approximate surface area is 112 Å². The van der Waals surface area contributed by atoms with Crippen LogP contribution < -0.4 is 0 Å². The molecule has 0 fully saturated rings. The lowest BCUT2D eigenvalue weighted by Crippen LogP contribution is -2.53. The number of rotatable bonds is 2. The quantitative estimate of drug-likeness (QED) is 0.435. The third-order valence-corrected chi connectivity index (χ3v) is 2.80. The molecule has 0 saturated heterocycles. The summed E-state index contributed by atoms with van der Waals surface area (Å²) in [6.45, 7) is 1.78. The fourth-order valence-corrected chi connectivity index (χ4v) is 1.59. The molecular formula is C11H18ClN3O3. The van der Waals surface area contributed by atoms with Gasteiger partial charge in [-0.05, 0) is 19.1 Å².